The van der Waals surface area contributed by atoms with E-state index in [1.165, 1.54) is 0 Å². The normalized spacial score (nSPS) is 10.2. The molecule has 2 rings (SSSR count). The van der Waals surface area contributed by atoms with Crippen molar-refractivity contribution in [1.29, 1.82) is 0 Å². The van der Waals surface area contributed by atoms with Crippen molar-refractivity contribution in [2.45, 2.75) is 13.3 Å². The summed E-state index contributed by atoms with van der Waals surface area (Å²) in [5.74, 6) is -0.243. The smallest absolute Gasteiger partial charge is 0.310 e. The summed E-state index contributed by atoms with van der Waals surface area (Å²) in [6, 6.07) is 9.45. The number of aromatic nitrogens is 1. The van der Waals surface area contributed by atoms with E-state index in [-0.39, 0.29) is 12.4 Å². The third-order valence-electron chi connectivity index (χ3n) is 2.61. The van der Waals surface area contributed by atoms with E-state index in [0.717, 1.165) is 16.7 Å². The Kier molecular flexibility index (Phi) is 4.53. The summed E-state index contributed by atoms with van der Waals surface area (Å²) in [5.41, 5.74) is 2.74. The Morgan fingerprint density at radius 3 is 2.84 bits per heavy atom. The Balaban J connectivity index is 2.22. The predicted molar refractivity (Wildman–Crippen MR) is 75.0 cm³/mol. The summed E-state index contributed by atoms with van der Waals surface area (Å²) < 4.78 is 4.92. The van der Waals surface area contributed by atoms with Gasteiger partial charge >= 0.3 is 5.97 Å². The van der Waals surface area contributed by atoms with Gasteiger partial charge in [0.05, 0.1) is 13.0 Å². The Morgan fingerprint density at radius 1 is 1.26 bits per heavy atom. The molecule has 0 aliphatic rings. The maximum Gasteiger partial charge on any atom is 0.310 e. The number of esters is 1. The van der Waals surface area contributed by atoms with Gasteiger partial charge in [-0.3, -0.25) is 9.78 Å². The fraction of sp³-hybridized carbons (Fsp3) is 0.200. The lowest BCUT2D eigenvalue weighted by Crippen LogP contribution is -2.07. The van der Waals surface area contributed by atoms with Gasteiger partial charge < -0.3 is 4.74 Å². The quantitative estimate of drug-likeness (QED) is 0.802. The van der Waals surface area contributed by atoms with Gasteiger partial charge in [0, 0.05) is 23.0 Å². The minimum Gasteiger partial charge on any atom is -0.466 e. The Hall–Kier alpha value is -1.87. The lowest BCUT2D eigenvalue weighted by atomic mass is 10.1. The second-order valence-electron chi connectivity index (χ2n) is 4.07. The highest BCUT2D eigenvalue weighted by molar-refractivity contribution is 6.30. The Bertz CT molecular complexity index is 584. The van der Waals surface area contributed by atoms with Gasteiger partial charge in [0.2, 0.25) is 0 Å². The molecule has 2 aromatic rings. The minimum atomic E-state index is -0.243. The van der Waals surface area contributed by atoms with Gasteiger partial charge in [-0.2, -0.15) is 0 Å². The molecule has 0 aliphatic heterocycles. The van der Waals surface area contributed by atoms with Crippen LogP contribution in [-0.2, 0) is 16.0 Å². The number of pyridine rings is 1. The highest BCUT2D eigenvalue weighted by Gasteiger charge is 2.06. The van der Waals surface area contributed by atoms with Crippen LogP contribution in [0, 0.1) is 0 Å². The molecule has 98 valence electrons. The van der Waals surface area contributed by atoms with Gasteiger partial charge in [0.25, 0.3) is 0 Å². The first kappa shape index (κ1) is 13.6. The van der Waals surface area contributed by atoms with E-state index in [9.17, 15) is 4.79 Å². The van der Waals surface area contributed by atoms with E-state index >= 15 is 0 Å². The van der Waals surface area contributed by atoms with Crippen molar-refractivity contribution in [2.75, 3.05) is 6.61 Å². The summed E-state index contributed by atoms with van der Waals surface area (Å²) in [6.07, 6.45) is 3.65. The van der Waals surface area contributed by atoms with Crippen LogP contribution >= 0.6 is 11.6 Å². The zero-order valence-corrected chi connectivity index (χ0v) is 11.4. The number of hydrogen-bond donors (Lipinski definition) is 0. The second-order valence-corrected chi connectivity index (χ2v) is 4.51. The molecule has 0 N–H and O–H groups in total. The summed E-state index contributed by atoms with van der Waals surface area (Å²) >= 11 is 5.97. The molecule has 1 heterocycles. The molecule has 0 unspecified atom stereocenters. The Labute approximate surface area is 117 Å². The van der Waals surface area contributed by atoms with E-state index in [1.54, 1.807) is 19.3 Å². The SMILES string of the molecule is CCOC(=O)Cc1cncc(-c2cccc(Cl)c2)c1. The van der Waals surface area contributed by atoms with Crippen LogP contribution in [0.15, 0.2) is 42.7 Å². The summed E-state index contributed by atoms with van der Waals surface area (Å²) in [6.45, 7) is 2.18. The maximum absolute atomic E-state index is 11.4. The number of ether oxygens (including phenoxy) is 1. The number of carbonyl (C=O) groups is 1. The number of nitrogens with zero attached hydrogens (tertiary/aromatic N) is 1. The monoisotopic (exact) mass is 275 g/mol. The van der Waals surface area contributed by atoms with Crippen LogP contribution in [0.4, 0.5) is 0 Å². The van der Waals surface area contributed by atoms with Crippen molar-refractivity contribution in [3.05, 3.63) is 53.3 Å². The van der Waals surface area contributed by atoms with Crippen molar-refractivity contribution in [3.63, 3.8) is 0 Å². The van der Waals surface area contributed by atoms with E-state index in [4.69, 9.17) is 16.3 Å². The van der Waals surface area contributed by atoms with Crippen LogP contribution < -0.4 is 0 Å². The van der Waals surface area contributed by atoms with Crippen LogP contribution in [-0.4, -0.2) is 17.6 Å². The first-order valence-electron chi connectivity index (χ1n) is 6.04. The second kappa shape index (κ2) is 6.34. The third kappa shape index (κ3) is 3.80. The molecule has 0 aliphatic carbocycles. The number of carbonyl (C=O) groups excluding carboxylic acids is 1. The highest BCUT2D eigenvalue weighted by Crippen LogP contribution is 2.22. The van der Waals surface area contributed by atoms with E-state index in [1.807, 2.05) is 30.3 Å². The fourth-order valence-corrected chi connectivity index (χ4v) is 1.98. The molecule has 0 fully saturated rings. The van der Waals surface area contributed by atoms with Gasteiger partial charge in [-0.15, -0.1) is 0 Å². The van der Waals surface area contributed by atoms with Crippen LogP contribution in [0.2, 0.25) is 5.02 Å². The minimum absolute atomic E-state index is 0.231. The van der Waals surface area contributed by atoms with Gasteiger partial charge in [-0.25, -0.2) is 0 Å². The van der Waals surface area contributed by atoms with Gasteiger partial charge in [-0.05, 0) is 36.2 Å². The lowest BCUT2D eigenvalue weighted by molar-refractivity contribution is -0.142. The molecular weight excluding hydrogens is 262 g/mol. The molecule has 19 heavy (non-hydrogen) atoms. The van der Waals surface area contributed by atoms with Crippen LogP contribution in [0.1, 0.15) is 12.5 Å². The molecule has 0 saturated carbocycles. The zero-order valence-electron chi connectivity index (χ0n) is 10.6. The summed E-state index contributed by atoms with van der Waals surface area (Å²) in [7, 11) is 0. The first-order valence-corrected chi connectivity index (χ1v) is 6.42. The number of halogens is 1. The average molecular weight is 276 g/mol. The highest BCUT2D eigenvalue weighted by atomic mass is 35.5. The lowest BCUT2D eigenvalue weighted by Gasteiger charge is -2.05. The molecule has 0 spiro atoms. The molecule has 4 heteroatoms. The largest absolute Gasteiger partial charge is 0.466 e. The van der Waals surface area contributed by atoms with E-state index in [0.29, 0.717) is 11.6 Å². The van der Waals surface area contributed by atoms with E-state index < -0.39 is 0 Å². The number of benzene rings is 1. The van der Waals surface area contributed by atoms with Crippen molar-refractivity contribution in [1.82, 2.24) is 4.98 Å². The summed E-state index contributed by atoms with van der Waals surface area (Å²) in [5, 5.41) is 0.674. The van der Waals surface area contributed by atoms with Crippen molar-refractivity contribution >= 4 is 17.6 Å². The van der Waals surface area contributed by atoms with Crippen molar-refractivity contribution < 1.29 is 9.53 Å². The predicted octanol–water partition coefficient (Wildman–Crippen LogP) is 3.51. The molecule has 3 nitrogen and oxygen atoms in total. The topological polar surface area (TPSA) is 39.2 Å². The molecule has 0 amide bonds. The molecule has 1 aromatic carbocycles. The van der Waals surface area contributed by atoms with Gasteiger partial charge in [0.15, 0.2) is 0 Å². The zero-order chi connectivity index (χ0) is 13.7. The molecule has 0 bridgehead atoms. The number of rotatable bonds is 4. The van der Waals surface area contributed by atoms with E-state index in [2.05, 4.69) is 4.98 Å². The van der Waals surface area contributed by atoms with Gasteiger partial charge in [0.1, 0.15) is 0 Å². The van der Waals surface area contributed by atoms with Crippen molar-refractivity contribution in [3.8, 4) is 11.1 Å². The molecule has 0 saturated heterocycles. The third-order valence-corrected chi connectivity index (χ3v) is 2.84. The molecular formula is C15H14ClNO2. The standard InChI is InChI=1S/C15H14ClNO2/c1-2-19-15(18)7-11-6-13(10-17-9-11)12-4-3-5-14(16)8-12/h3-6,8-10H,2,7H2,1H3. The molecule has 0 radical (unpaired) electrons. The fourth-order valence-electron chi connectivity index (χ4n) is 1.79. The maximum atomic E-state index is 11.4. The summed E-state index contributed by atoms with van der Waals surface area (Å²) in [4.78, 5) is 15.6. The Morgan fingerprint density at radius 2 is 2.11 bits per heavy atom. The average Bonchev–Trinajstić information content (AvgIpc) is 2.39. The van der Waals surface area contributed by atoms with Crippen molar-refractivity contribution in [2.24, 2.45) is 0 Å². The molecule has 0 atom stereocenters. The van der Waals surface area contributed by atoms with Crippen LogP contribution in [0.25, 0.3) is 11.1 Å². The first-order chi connectivity index (χ1) is 9.19. The van der Waals surface area contributed by atoms with Crippen LogP contribution in [0.3, 0.4) is 0 Å². The van der Waals surface area contributed by atoms with Crippen LogP contribution in [0.5, 0.6) is 0 Å². The number of hydrogen-bond acceptors (Lipinski definition) is 3. The molecule has 1 aromatic heterocycles. The van der Waals surface area contributed by atoms with Gasteiger partial charge in [-0.1, -0.05) is 23.7 Å².